The second kappa shape index (κ2) is 4.77. The first-order valence-corrected chi connectivity index (χ1v) is 6.90. The minimum absolute atomic E-state index is 0.172. The number of nitrogens with one attached hydrogen (secondary N) is 1. The van der Waals surface area contributed by atoms with Crippen molar-refractivity contribution >= 4 is 32.8 Å². The van der Waals surface area contributed by atoms with E-state index in [1.165, 1.54) is 5.56 Å². The molecule has 3 N–H and O–H groups in total. The summed E-state index contributed by atoms with van der Waals surface area (Å²) in [6, 6.07) is 6.31. The number of aliphatic imine (C=N–C) groups is 1. The SMILES string of the molecule is COn1cc([C@@H]2CCN=C(N)N2)c2cc(Br)ccc21. The minimum atomic E-state index is 0.172. The zero-order valence-corrected chi connectivity index (χ0v) is 12.1. The number of nitrogens with two attached hydrogens (primary N) is 1. The van der Waals surface area contributed by atoms with Crippen LogP contribution in [0.3, 0.4) is 0 Å². The molecule has 0 aliphatic carbocycles. The monoisotopic (exact) mass is 322 g/mol. The quantitative estimate of drug-likeness (QED) is 0.886. The second-order valence-corrected chi connectivity index (χ2v) is 5.42. The summed E-state index contributed by atoms with van der Waals surface area (Å²) >= 11 is 3.51. The summed E-state index contributed by atoms with van der Waals surface area (Å²) in [7, 11) is 1.66. The fourth-order valence-electron chi connectivity index (χ4n) is 2.47. The van der Waals surface area contributed by atoms with E-state index in [4.69, 9.17) is 10.6 Å². The number of halogens is 1. The Hall–Kier alpha value is -1.69. The molecule has 1 aliphatic heterocycles. The molecule has 6 heteroatoms. The normalized spacial score (nSPS) is 19.1. The van der Waals surface area contributed by atoms with E-state index < -0.39 is 0 Å². The second-order valence-electron chi connectivity index (χ2n) is 4.51. The van der Waals surface area contributed by atoms with Crippen molar-refractivity contribution in [1.82, 2.24) is 10.0 Å². The van der Waals surface area contributed by atoms with E-state index in [1.54, 1.807) is 11.8 Å². The van der Waals surface area contributed by atoms with Gasteiger partial charge in [-0.3, -0.25) is 4.99 Å². The molecule has 3 rings (SSSR count). The lowest BCUT2D eigenvalue weighted by Gasteiger charge is -2.22. The van der Waals surface area contributed by atoms with Gasteiger partial charge in [-0.2, -0.15) is 4.73 Å². The summed E-state index contributed by atoms with van der Waals surface area (Å²) in [5, 5.41) is 4.38. The summed E-state index contributed by atoms with van der Waals surface area (Å²) in [5.41, 5.74) is 7.99. The highest BCUT2D eigenvalue weighted by molar-refractivity contribution is 9.10. The average Bonchev–Trinajstić information content (AvgIpc) is 2.76. The van der Waals surface area contributed by atoms with Crippen LogP contribution in [0.5, 0.6) is 0 Å². The van der Waals surface area contributed by atoms with Crippen LogP contribution in [0.15, 0.2) is 33.9 Å². The van der Waals surface area contributed by atoms with E-state index in [0.717, 1.165) is 28.3 Å². The van der Waals surface area contributed by atoms with Crippen LogP contribution >= 0.6 is 15.9 Å². The molecule has 1 aromatic heterocycles. The van der Waals surface area contributed by atoms with E-state index in [9.17, 15) is 0 Å². The highest BCUT2D eigenvalue weighted by atomic mass is 79.9. The zero-order chi connectivity index (χ0) is 13.4. The van der Waals surface area contributed by atoms with Crippen LogP contribution in [0.2, 0.25) is 0 Å². The Morgan fingerprint density at radius 1 is 1.53 bits per heavy atom. The smallest absolute Gasteiger partial charge is 0.189 e. The van der Waals surface area contributed by atoms with Crippen LogP contribution in [0, 0.1) is 0 Å². The van der Waals surface area contributed by atoms with Crippen molar-refractivity contribution < 1.29 is 4.84 Å². The van der Waals surface area contributed by atoms with E-state index in [2.05, 4.69) is 32.3 Å². The van der Waals surface area contributed by atoms with Gasteiger partial charge in [-0.1, -0.05) is 15.9 Å². The topological polar surface area (TPSA) is 64.6 Å². The fraction of sp³-hybridized carbons (Fsp3) is 0.308. The van der Waals surface area contributed by atoms with Gasteiger partial charge in [-0.05, 0) is 24.6 Å². The molecule has 0 fully saturated rings. The number of aromatic nitrogens is 1. The predicted octanol–water partition coefficient (Wildman–Crippen LogP) is 1.81. The summed E-state index contributed by atoms with van der Waals surface area (Å²) in [6.07, 6.45) is 2.93. The van der Waals surface area contributed by atoms with Crippen molar-refractivity contribution in [2.45, 2.75) is 12.5 Å². The molecule has 5 nitrogen and oxygen atoms in total. The molecular weight excluding hydrogens is 308 g/mol. The van der Waals surface area contributed by atoms with Gasteiger partial charge in [0.15, 0.2) is 5.96 Å². The van der Waals surface area contributed by atoms with Gasteiger partial charge in [0.05, 0.1) is 17.8 Å². The lowest BCUT2D eigenvalue weighted by molar-refractivity contribution is 0.178. The molecule has 1 aromatic carbocycles. The summed E-state index contributed by atoms with van der Waals surface area (Å²) < 4.78 is 2.83. The number of fused-ring (bicyclic) bond motifs is 1. The molecular formula is C13H15BrN4O. The van der Waals surface area contributed by atoms with Crippen molar-refractivity contribution in [2.75, 3.05) is 13.7 Å². The lowest BCUT2D eigenvalue weighted by Crippen LogP contribution is -2.38. The molecule has 0 amide bonds. The molecule has 2 heterocycles. The van der Waals surface area contributed by atoms with Crippen molar-refractivity contribution in [2.24, 2.45) is 10.7 Å². The van der Waals surface area contributed by atoms with Crippen molar-refractivity contribution in [3.05, 3.63) is 34.4 Å². The number of hydrogen-bond acceptors (Lipinski definition) is 4. The Labute approximate surface area is 119 Å². The third-order valence-electron chi connectivity index (χ3n) is 3.36. The third-order valence-corrected chi connectivity index (χ3v) is 3.85. The highest BCUT2D eigenvalue weighted by Gasteiger charge is 2.21. The summed E-state index contributed by atoms with van der Waals surface area (Å²) in [4.78, 5) is 9.54. The van der Waals surface area contributed by atoms with E-state index in [-0.39, 0.29) is 6.04 Å². The van der Waals surface area contributed by atoms with Gasteiger partial charge >= 0.3 is 0 Å². The van der Waals surface area contributed by atoms with E-state index in [0.29, 0.717) is 5.96 Å². The molecule has 1 atom stereocenters. The van der Waals surface area contributed by atoms with Crippen molar-refractivity contribution in [3.8, 4) is 0 Å². The van der Waals surface area contributed by atoms with Gasteiger partial charge in [-0.15, -0.1) is 0 Å². The Morgan fingerprint density at radius 2 is 2.37 bits per heavy atom. The first kappa shape index (κ1) is 12.3. The molecule has 0 saturated heterocycles. The maximum Gasteiger partial charge on any atom is 0.189 e. The molecule has 0 unspecified atom stereocenters. The first-order valence-electron chi connectivity index (χ1n) is 6.10. The fourth-order valence-corrected chi connectivity index (χ4v) is 2.83. The molecule has 100 valence electrons. The Morgan fingerprint density at radius 3 is 3.11 bits per heavy atom. The minimum Gasteiger partial charge on any atom is -0.417 e. The molecule has 0 spiro atoms. The summed E-state index contributed by atoms with van der Waals surface area (Å²) in [5.74, 6) is 0.504. The predicted molar refractivity (Wildman–Crippen MR) is 79.1 cm³/mol. The molecule has 0 bridgehead atoms. The van der Waals surface area contributed by atoms with Gasteiger partial charge in [0.2, 0.25) is 0 Å². The number of benzene rings is 1. The Balaban J connectivity index is 2.12. The number of guanidine groups is 1. The lowest BCUT2D eigenvalue weighted by atomic mass is 10.0. The van der Waals surface area contributed by atoms with Crippen LogP contribution in [-0.2, 0) is 0 Å². The van der Waals surface area contributed by atoms with Crippen LogP contribution < -0.4 is 15.9 Å². The number of rotatable bonds is 2. The van der Waals surface area contributed by atoms with Gasteiger partial charge in [-0.25, -0.2) is 0 Å². The molecule has 2 aromatic rings. The number of hydrogen-bond donors (Lipinski definition) is 2. The van der Waals surface area contributed by atoms with Crippen LogP contribution in [0.4, 0.5) is 0 Å². The number of nitrogens with zero attached hydrogens (tertiary/aromatic N) is 2. The first-order chi connectivity index (χ1) is 9.19. The maximum atomic E-state index is 5.77. The van der Waals surface area contributed by atoms with Gasteiger partial charge in [0.25, 0.3) is 0 Å². The van der Waals surface area contributed by atoms with Crippen molar-refractivity contribution in [3.63, 3.8) is 0 Å². The molecule has 19 heavy (non-hydrogen) atoms. The largest absolute Gasteiger partial charge is 0.417 e. The van der Waals surface area contributed by atoms with E-state index in [1.807, 2.05) is 18.3 Å². The van der Waals surface area contributed by atoms with E-state index >= 15 is 0 Å². The molecule has 0 radical (unpaired) electrons. The highest BCUT2D eigenvalue weighted by Crippen LogP contribution is 2.30. The molecule has 0 saturated carbocycles. The summed E-state index contributed by atoms with van der Waals surface area (Å²) in [6.45, 7) is 0.747. The Kier molecular flexibility index (Phi) is 3.10. The van der Waals surface area contributed by atoms with Crippen LogP contribution in [0.1, 0.15) is 18.0 Å². The van der Waals surface area contributed by atoms with Crippen LogP contribution in [0.25, 0.3) is 10.9 Å². The molecule has 1 aliphatic rings. The van der Waals surface area contributed by atoms with Crippen molar-refractivity contribution in [1.29, 1.82) is 0 Å². The zero-order valence-electron chi connectivity index (χ0n) is 10.6. The third kappa shape index (κ3) is 2.16. The maximum absolute atomic E-state index is 5.77. The standard InChI is InChI=1S/C13H15BrN4O/c1-19-18-7-10(11-4-5-16-13(15)17-11)9-6-8(14)2-3-12(9)18/h2-3,6-7,11H,4-5H2,1H3,(H3,15,16,17)/t11-/m0/s1. The van der Waals surface area contributed by atoms with Gasteiger partial charge in [0, 0.05) is 22.0 Å². The van der Waals surface area contributed by atoms with Crippen LogP contribution in [-0.4, -0.2) is 24.3 Å². The average molecular weight is 323 g/mol. The Bertz CT molecular complexity index is 649. The van der Waals surface area contributed by atoms with Gasteiger partial charge in [0.1, 0.15) is 7.11 Å². The van der Waals surface area contributed by atoms with Gasteiger partial charge < -0.3 is 15.9 Å².